The number of halogens is 1. The minimum atomic E-state index is -0.260. The Hall–Kier alpha value is -1.76. The largest absolute Gasteiger partial charge is 0.340 e. The molecule has 1 saturated heterocycles. The van der Waals surface area contributed by atoms with Gasteiger partial charge in [-0.05, 0) is 17.5 Å². The highest BCUT2D eigenvalue weighted by Crippen LogP contribution is 2.14. The average Bonchev–Trinajstić information content (AvgIpc) is 3.11. The van der Waals surface area contributed by atoms with Crippen LogP contribution in [-0.2, 0) is 17.9 Å². The van der Waals surface area contributed by atoms with Gasteiger partial charge in [0.05, 0.1) is 6.54 Å². The predicted octanol–water partition coefficient (Wildman–Crippen LogP) is 2.66. The van der Waals surface area contributed by atoms with Gasteiger partial charge in [-0.2, -0.15) is 0 Å². The Bertz CT molecular complexity index is 684. The lowest BCUT2D eigenvalue weighted by Gasteiger charge is -2.34. The Morgan fingerprint density at radius 2 is 1.84 bits per heavy atom. The van der Waals surface area contributed by atoms with Crippen LogP contribution in [0.25, 0.3) is 0 Å². The molecular weight excluding hydrogens is 337 g/mol. The Morgan fingerprint density at radius 1 is 1.12 bits per heavy atom. The molecule has 134 valence electrons. The fourth-order valence-corrected chi connectivity index (χ4v) is 3.76. The standard InChI is InChI=1S/C19H24FN3OS/c1-21(13-16-5-2-3-7-18(16)20)19(24)15-23-10-8-22(9-11-23)14-17-6-4-12-25-17/h2-7,12H,8-11,13-15H2,1H3. The van der Waals surface area contributed by atoms with Crippen molar-refractivity contribution < 1.29 is 9.18 Å². The van der Waals surface area contributed by atoms with Gasteiger partial charge in [-0.1, -0.05) is 24.3 Å². The molecule has 0 radical (unpaired) electrons. The maximum absolute atomic E-state index is 13.7. The summed E-state index contributed by atoms with van der Waals surface area (Å²) in [5.41, 5.74) is 0.555. The molecule has 3 rings (SSSR count). The first-order valence-electron chi connectivity index (χ1n) is 8.56. The fourth-order valence-electron chi connectivity index (χ4n) is 3.01. The highest BCUT2D eigenvalue weighted by molar-refractivity contribution is 7.09. The van der Waals surface area contributed by atoms with Gasteiger partial charge >= 0.3 is 0 Å². The van der Waals surface area contributed by atoms with E-state index in [-0.39, 0.29) is 11.7 Å². The molecule has 1 fully saturated rings. The van der Waals surface area contributed by atoms with Gasteiger partial charge in [-0.15, -0.1) is 11.3 Å². The summed E-state index contributed by atoms with van der Waals surface area (Å²) in [5.74, 6) is -0.223. The second kappa shape index (κ2) is 8.56. The molecule has 0 spiro atoms. The summed E-state index contributed by atoms with van der Waals surface area (Å²) in [5, 5.41) is 2.11. The molecule has 2 aromatic rings. The SMILES string of the molecule is CN(Cc1ccccc1F)C(=O)CN1CCN(Cc2cccs2)CC1. The highest BCUT2D eigenvalue weighted by atomic mass is 32.1. The molecule has 0 aliphatic carbocycles. The number of rotatable bonds is 6. The number of carbonyl (C=O) groups excluding carboxylic acids is 1. The molecule has 1 aliphatic rings. The number of carbonyl (C=O) groups is 1. The molecular formula is C19H24FN3OS. The van der Waals surface area contributed by atoms with Gasteiger partial charge in [0.15, 0.2) is 0 Å². The van der Waals surface area contributed by atoms with Crippen molar-refractivity contribution in [1.29, 1.82) is 0 Å². The number of piperazine rings is 1. The average molecular weight is 361 g/mol. The number of nitrogens with zero attached hydrogens (tertiary/aromatic N) is 3. The summed E-state index contributed by atoms with van der Waals surface area (Å²) in [6.07, 6.45) is 0. The molecule has 0 saturated carbocycles. The number of hydrogen-bond acceptors (Lipinski definition) is 4. The molecule has 0 N–H and O–H groups in total. The van der Waals surface area contributed by atoms with Gasteiger partial charge < -0.3 is 4.90 Å². The van der Waals surface area contributed by atoms with E-state index in [1.165, 1.54) is 10.9 Å². The Labute approximate surface area is 152 Å². The number of hydrogen-bond donors (Lipinski definition) is 0. The first-order chi connectivity index (χ1) is 12.1. The molecule has 0 unspecified atom stereocenters. The van der Waals surface area contributed by atoms with Crippen LogP contribution in [0, 0.1) is 5.82 Å². The Balaban J connectivity index is 1.43. The van der Waals surface area contributed by atoms with Crippen molar-refractivity contribution in [3.63, 3.8) is 0 Å². The van der Waals surface area contributed by atoms with E-state index >= 15 is 0 Å². The van der Waals surface area contributed by atoms with E-state index in [1.54, 1.807) is 41.5 Å². The van der Waals surface area contributed by atoms with Crippen LogP contribution in [0.1, 0.15) is 10.4 Å². The first kappa shape index (κ1) is 18.0. The monoisotopic (exact) mass is 361 g/mol. The lowest BCUT2D eigenvalue weighted by Crippen LogP contribution is -2.49. The molecule has 1 aromatic heterocycles. The van der Waals surface area contributed by atoms with Crippen LogP contribution in [0.15, 0.2) is 41.8 Å². The van der Waals surface area contributed by atoms with Crippen LogP contribution in [-0.4, -0.2) is 60.4 Å². The van der Waals surface area contributed by atoms with Crippen LogP contribution in [0.4, 0.5) is 4.39 Å². The normalized spacial score (nSPS) is 16.1. The third-order valence-corrected chi connectivity index (χ3v) is 5.44. The summed E-state index contributed by atoms with van der Waals surface area (Å²) < 4.78 is 13.7. The van der Waals surface area contributed by atoms with Gasteiger partial charge in [0.25, 0.3) is 0 Å². The number of benzene rings is 1. The predicted molar refractivity (Wildman–Crippen MR) is 98.9 cm³/mol. The maximum Gasteiger partial charge on any atom is 0.236 e. The van der Waals surface area contributed by atoms with Crippen LogP contribution in [0.5, 0.6) is 0 Å². The van der Waals surface area contributed by atoms with Crippen LogP contribution >= 0.6 is 11.3 Å². The van der Waals surface area contributed by atoms with E-state index in [1.807, 2.05) is 0 Å². The van der Waals surface area contributed by atoms with E-state index < -0.39 is 0 Å². The quantitative estimate of drug-likeness (QED) is 0.791. The van der Waals surface area contributed by atoms with Crippen molar-refractivity contribution in [2.24, 2.45) is 0 Å². The molecule has 4 nitrogen and oxygen atoms in total. The van der Waals surface area contributed by atoms with Gasteiger partial charge in [-0.25, -0.2) is 4.39 Å². The Kier molecular flexibility index (Phi) is 6.18. The number of amides is 1. The number of likely N-dealkylation sites (N-methyl/N-ethyl adjacent to an activating group) is 1. The topological polar surface area (TPSA) is 26.8 Å². The summed E-state index contributed by atoms with van der Waals surface area (Å²) >= 11 is 1.79. The zero-order valence-corrected chi connectivity index (χ0v) is 15.3. The summed E-state index contributed by atoms with van der Waals surface area (Å²) in [4.78, 5) is 20.0. The van der Waals surface area contributed by atoms with E-state index in [2.05, 4.69) is 27.3 Å². The van der Waals surface area contributed by atoms with Crippen molar-refractivity contribution in [3.05, 3.63) is 58.0 Å². The first-order valence-corrected chi connectivity index (χ1v) is 9.44. The third kappa shape index (κ3) is 5.11. The van der Waals surface area contributed by atoms with Gasteiger partial charge in [0, 0.05) is 56.8 Å². The zero-order valence-electron chi connectivity index (χ0n) is 14.5. The molecule has 25 heavy (non-hydrogen) atoms. The molecule has 0 atom stereocenters. The van der Waals surface area contributed by atoms with Crippen molar-refractivity contribution >= 4 is 17.2 Å². The van der Waals surface area contributed by atoms with Crippen molar-refractivity contribution in [3.8, 4) is 0 Å². The van der Waals surface area contributed by atoms with E-state index in [0.29, 0.717) is 18.7 Å². The minimum absolute atomic E-state index is 0.0370. The maximum atomic E-state index is 13.7. The molecule has 6 heteroatoms. The fraction of sp³-hybridized carbons (Fsp3) is 0.421. The number of thiophene rings is 1. The summed E-state index contributed by atoms with van der Waals surface area (Å²) in [7, 11) is 1.74. The van der Waals surface area contributed by atoms with Gasteiger partial charge in [0.2, 0.25) is 5.91 Å². The van der Waals surface area contributed by atoms with Crippen molar-refractivity contribution in [2.75, 3.05) is 39.8 Å². The van der Waals surface area contributed by atoms with E-state index in [4.69, 9.17) is 0 Å². The van der Waals surface area contributed by atoms with Crippen molar-refractivity contribution in [2.45, 2.75) is 13.1 Å². The van der Waals surface area contributed by atoms with E-state index in [0.717, 1.165) is 32.7 Å². The molecule has 2 heterocycles. The summed E-state index contributed by atoms with van der Waals surface area (Å²) in [6.45, 7) is 5.44. The molecule has 1 aromatic carbocycles. The van der Waals surface area contributed by atoms with Gasteiger partial charge in [0.1, 0.15) is 5.82 Å². The van der Waals surface area contributed by atoms with Crippen LogP contribution < -0.4 is 0 Å². The molecule has 0 bridgehead atoms. The molecule has 1 aliphatic heterocycles. The second-order valence-corrected chi connectivity index (χ2v) is 7.51. The highest BCUT2D eigenvalue weighted by Gasteiger charge is 2.21. The van der Waals surface area contributed by atoms with E-state index in [9.17, 15) is 9.18 Å². The smallest absolute Gasteiger partial charge is 0.236 e. The lowest BCUT2D eigenvalue weighted by atomic mass is 10.2. The summed E-state index contributed by atoms with van der Waals surface area (Å²) in [6, 6.07) is 10.9. The van der Waals surface area contributed by atoms with Gasteiger partial charge in [-0.3, -0.25) is 14.6 Å². The zero-order chi connectivity index (χ0) is 17.6. The van der Waals surface area contributed by atoms with Crippen LogP contribution in [0.3, 0.4) is 0 Å². The minimum Gasteiger partial charge on any atom is -0.340 e. The Morgan fingerprint density at radius 3 is 2.52 bits per heavy atom. The lowest BCUT2D eigenvalue weighted by molar-refractivity contribution is -0.132. The second-order valence-electron chi connectivity index (χ2n) is 6.47. The van der Waals surface area contributed by atoms with Crippen LogP contribution in [0.2, 0.25) is 0 Å². The molecule has 1 amide bonds. The third-order valence-electron chi connectivity index (χ3n) is 4.57. The van der Waals surface area contributed by atoms with Crippen molar-refractivity contribution in [1.82, 2.24) is 14.7 Å².